The zero-order chi connectivity index (χ0) is 15.1. The highest BCUT2D eigenvalue weighted by Gasteiger charge is 2.16. The van der Waals surface area contributed by atoms with Gasteiger partial charge in [0.05, 0.1) is 0 Å². The predicted molar refractivity (Wildman–Crippen MR) is 81.9 cm³/mol. The van der Waals surface area contributed by atoms with Crippen molar-refractivity contribution in [3.63, 3.8) is 0 Å². The van der Waals surface area contributed by atoms with Crippen molar-refractivity contribution < 1.29 is 19.4 Å². The fourth-order valence-corrected chi connectivity index (χ4v) is 2.94. The SMILES string of the molecule is O=C(O)COc1cccc(NC(=O)CC2CSCCN2)c1. The summed E-state index contributed by atoms with van der Waals surface area (Å²) in [7, 11) is 0. The lowest BCUT2D eigenvalue weighted by molar-refractivity contribution is -0.139. The quantitative estimate of drug-likeness (QED) is 0.731. The van der Waals surface area contributed by atoms with E-state index in [1.165, 1.54) is 0 Å². The molecule has 7 heteroatoms. The molecule has 1 aromatic carbocycles. The van der Waals surface area contributed by atoms with Gasteiger partial charge in [-0.05, 0) is 12.1 Å². The van der Waals surface area contributed by atoms with Crippen LogP contribution < -0.4 is 15.4 Å². The number of carboxylic acid groups (broad SMARTS) is 1. The van der Waals surface area contributed by atoms with Crippen LogP contribution in [0.1, 0.15) is 6.42 Å². The number of carbonyl (C=O) groups is 2. The molecule has 21 heavy (non-hydrogen) atoms. The number of rotatable bonds is 6. The lowest BCUT2D eigenvalue weighted by Crippen LogP contribution is -2.39. The van der Waals surface area contributed by atoms with E-state index in [0.29, 0.717) is 17.9 Å². The molecular formula is C14H18N2O4S. The van der Waals surface area contributed by atoms with E-state index >= 15 is 0 Å². The van der Waals surface area contributed by atoms with Gasteiger partial charge in [-0.2, -0.15) is 11.8 Å². The van der Waals surface area contributed by atoms with Gasteiger partial charge in [-0.1, -0.05) is 6.07 Å². The highest BCUT2D eigenvalue weighted by Crippen LogP contribution is 2.18. The molecule has 1 atom stereocenters. The Kier molecular flexibility index (Phi) is 5.89. The van der Waals surface area contributed by atoms with Crippen LogP contribution in [0.15, 0.2) is 24.3 Å². The second-order valence-electron chi connectivity index (χ2n) is 4.69. The molecule has 0 radical (unpaired) electrons. The number of hydrogen-bond acceptors (Lipinski definition) is 5. The Morgan fingerprint density at radius 2 is 2.33 bits per heavy atom. The largest absolute Gasteiger partial charge is 0.482 e. The van der Waals surface area contributed by atoms with E-state index in [1.54, 1.807) is 24.3 Å². The molecule has 1 aliphatic heterocycles. The van der Waals surface area contributed by atoms with Crippen LogP contribution >= 0.6 is 11.8 Å². The number of ether oxygens (including phenoxy) is 1. The number of benzene rings is 1. The minimum Gasteiger partial charge on any atom is -0.482 e. The Hall–Kier alpha value is -1.73. The first-order chi connectivity index (χ1) is 10.1. The average Bonchev–Trinajstić information content (AvgIpc) is 2.46. The average molecular weight is 310 g/mol. The molecule has 2 rings (SSSR count). The summed E-state index contributed by atoms with van der Waals surface area (Å²) in [6, 6.07) is 6.92. The van der Waals surface area contributed by atoms with E-state index in [4.69, 9.17) is 9.84 Å². The van der Waals surface area contributed by atoms with Crippen LogP contribution in [-0.4, -0.2) is 47.7 Å². The van der Waals surface area contributed by atoms with Gasteiger partial charge in [-0.25, -0.2) is 4.79 Å². The predicted octanol–water partition coefficient (Wildman–Crippen LogP) is 1.18. The summed E-state index contributed by atoms with van der Waals surface area (Å²) in [6.07, 6.45) is 0.424. The van der Waals surface area contributed by atoms with Crippen molar-refractivity contribution in [1.29, 1.82) is 0 Å². The van der Waals surface area contributed by atoms with E-state index in [-0.39, 0.29) is 11.9 Å². The van der Waals surface area contributed by atoms with E-state index in [1.807, 2.05) is 11.8 Å². The number of amides is 1. The zero-order valence-corrected chi connectivity index (χ0v) is 12.3. The molecule has 0 saturated carbocycles. The normalized spacial score (nSPS) is 18.0. The van der Waals surface area contributed by atoms with Crippen LogP contribution in [-0.2, 0) is 9.59 Å². The van der Waals surface area contributed by atoms with Gasteiger partial charge in [0.2, 0.25) is 5.91 Å². The Balaban J connectivity index is 1.85. The maximum atomic E-state index is 12.0. The highest BCUT2D eigenvalue weighted by molar-refractivity contribution is 7.99. The molecule has 1 aromatic rings. The first kappa shape index (κ1) is 15.7. The van der Waals surface area contributed by atoms with Crippen molar-refractivity contribution >= 4 is 29.3 Å². The van der Waals surface area contributed by atoms with E-state index in [9.17, 15) is 9.59 Å². The molecule has 0 spiro atoms. The minimum absolute atomic E-state index is 0.0645. The summed E-state index contributed by atoms with van der Waals surface area (Å²) in [5, 5.41) is 14.7. The summed E-state index contributed by atoms with van der Waals surface area (Å²) in [4.78, 5) is 22.4. The number of carbonyl (C=O) groups excluding carboxylic acids is 1. The Morgan fingerprint density at radius 3 is 3.05 bits per heavy atom. The molecule has 1 saturated heterocycles. The van der Waals surface area contributed by atoms with Crippen LogP contribution in [0.2, 0.25) is 0 Å². The number of nitrogens with one attached hydrogen (secondary N) is 2. The molecule has 1 unspecified atom stereocenters. The van der Waals surface area contributed by atoms with Gasteiger partial charge in [0.15, 0.2) is 6.61 Å². The van der Waals surface area contributed by atoms with Crippen LogP contribution in [0.4, 0.5) is 5.69 Å². The smallest absolute Gasteiger partial charge is 0.341 e. The van der Waals surface area contributed by atoms with Gasteiger partial charge in [0, 0.05) is 42.3 Å². The topological polar surface area (TPSA) is 87.7 Å². The fourth-order valence-electron chi connectivity index (χ4n) is 2.00. The maximum absolute atomic E-state index is 12.0. The van der Waals surface area contributed by atoms with Gasteiger partial charge >= 0.3 is 5.97 Å². The number of anilines is 1. The summed E-state index contributed by atoms with van der Waals surface area (Å²) in [5.41, 5.74) is 0.603. The fraction of sp³-hybridized carbons (Fsp3) is 0.429. The molecule has 0 bridgehead atoms. The van der Waals surface area contributed by atoms with Crippen molar-refractivity contribution in [2.45, 2.75) is 12.5 Å². The van der Waals surface area contributed by atoms with Gasteiger partial charge in [-0.15, -0.1) is 0 Å². The van der Waals surface area contributed by atoms with Crippen molar-refractivity contribution in [3.05, 3.63) is 24.3 Å². The maximum Gasteiger partial charge on any atom is 0.341 e. The number of hydrogen-bond donors (Lipinski definition) is 3. The summed E-state index contributed by atoms with van der Waals surface area (Å²) in [6.45, 7) is 0.530. The molecular weight excluding hydrogens is 292 g/mol. The van der Waals surface area contributed by atoms with Crippen molar-refractivity contribution in [1.82, 2.24) is 5.32 Å². The number of thioether (sulfide) groups is 1. The van der Waals surface area contributed by atoms with Crippen LogP contribution in [0, 0.1) is 0 Å². The van der Waals surface area contributed by atoms with Crippen molar-refractivity contribution in [2.24, 2.45) is 0 Å². The Bertz CT molecular complexity index is 504. The molecule has 1 aliphatic rings. The van der Waals surface area contributed by atoms with Crippen molar-refractivity contribution in [2.75, 3.05) is 30.0 Å². The van der Waals surface area contributed by atoms with Crippen LogP contribution in [0.25, 0.3) is 0 Å². The molecule has 1 amide bonds. The first-order valence-electron chi connectivity index (χ1n) is 6.69. The first-order valence-corrected chi connectivity index (χ1v) is 7.84. The monoisotopic (exact) mass is 310 g/mol. The van der Waals surface area contributed by atoms with E-state index < -0.39 is 12.6 Å². The summed E-state index contributed by atoms with van der Waals surface area (Å²) >= 11 is 1.84. The standard InChI is InChI=1S/C14H18N2O4S/c17-13(7-11-9-21-5-4-15-11)16-10-2-1-3-12(6-10)20-8-14(18)19/h1-3,6,11,15H,4-5,7-9H2,(H,16,17)(H,18,19). The lowest BCUT2D eigenvalue weighted by Gasteiger charge is -2.22. The number of aliphatic carboxylic acids is 1. The molecule has 3 N–H and O–H groups in total. The molecule has 1 fully saturated rings. The molecule has 6 nitrogen and oxygen atoms in total. The van der Waals surface area contributed by atoms with Gasteiger partial charge in [-0.3, -0.25) is 4.79 Å². The minimum atomic E-state index is -1.04. The molecule has 114 valence electrons. The van der Waals surface area contributed by atoms with Gasteiger partial charge in [0.25, 0.3) is 0 Å². The van der Waals surface area contributed by atoms with Crippen LogP contribution in [0.3, 0.4) is 0 Å². The van der Waals surface area contributed by atoms with Gasteiger partial charge < -0.3 is 20.5 Å². The molecule has 0 aromatic heterocycles. The number of carboxylic acids is 1. The third-order valence-corrected chi connectivity index (χ3v) is 4.04. The molecule has 1 heterocycles. The third-order valence-electron chi connectivity index (χ3n) is 2.91. The van der Waals surface area contributed by atoms with Gasteiger partial charge in [0.1, 0.15) is 5.75 Å². The zero-order valence-electron chi connectivity index (χ0n) is 11.5. The summed E-state index contributed by atoms with van der Waals surface area (Å²) < 4.78 is 5.07. The van der Waals surface area contributed by atoms with E-state index in [0.717, 1.165) is 18.1 Å². The highest BCUT2D eigenvalue weighted by atomic mass is 32.2. The molecule has 0 aliphatic carbocycles. The van der Waals surface area contributed by atoms with Crippen LogP contribution in [0.5, 0.6) is 5.75 Å². The van der Waals surface area contributed by atoms with E-state index in [2.05, 4.69) is 10.6 Å². The summed E-state index contributed by atoms with van der Waals surface area (Å²) in [5.74, 6) is 1.34. The Labute approximate surface area is 127 Å². The van der Waals surface area contributed by atoms with Crippen molar-refractivity contribution in [3.8, 4) is 5.75 Å². The third kappa shape index (κ3) is 5.65. The lowest BCUT2D eigenvalue weighted by atomic mass is 10.2. The Morgan fingerprint density at radius 1 is 1.48 bits per heavy atom. The second-order valence-corrected chi connectivity index (χ2v) is 5.84. The second kappa shape index (κ2) is 7.90.